The Labute approximate surface area is 231 Å². The highest BCUT2D eigenvalue weighted by atomic mass is 35.5. The first-order chi connectivity index (χ1) is 18.4. The largest absolute Gasteiger partial charge is 0.416 e. The molecule has 0 fully saturated rings. The zero-order chi connectivity index (χ0) is 28.2. The molecule has 5 nitrogen and oxygen atoms in total. The van der Waals surface area contributed by atoms with E-state index in [9.17, 15) is 35.9 Å². The molecule has 1 atom stereocenters. The summed E-state index contributed by atoms with van der Waals surface area (Å²) >= 11 is 0. The first-order valence-corrected chi connectivity index (χ1v) is 12.0. The molecule has 0 bridgehead atoms. The van der Waals surface area contributed by atoms with Gasteiger partial charge in [0.1, 0.15) is 0 Å². The Balaban J connectivity index is 0.00000441. The van der Waals surface area contributed by atoms with Crippen LogP contribution in [0.25, 0.3) is 10.9 Å². The van der Waals surface area contributed by atoms with Crippen LogP contribution in [0.15, 0.2) is 73.1 Å². The highest BCUT2D eigenvalue weighted by Crippen LogP contribution is 2.36. The minimum Gasteiger partial charge on any atom is -0.361 e. The number of H-pyrrole nitrogens is 1. The number of fused-ring (bicyclic) bond motifs is 1. The van der Waals surface area contributed by atoms with Gasteiger partial charge in [0.05, 0.1) is 23.6 Å². The van der Waals surface area contributed by atoms with E-state index in [0.29, 0.717) is 17.8 Å². The van der Waals surface area contributed by atoms with E-state index >= 15 is 0 Å². The van der Waals surface area contributed by atoms with Gasteiger partial charge in [-0.25, -0.2) is 0 Å². The van der Waals surface area contributed by atoms with Gasteiger partial charge < -0.3 is 10.3 Å². The predicted molar refractivity (Wildman–Crippen MR) is 139 cm³/mol. The minimum atomic E-state index is -4.99. The summed E-state index contributed by atoms with van der Waals surface area (Å²) in [4.78, 5) is 33.2. The number of nitrogens with one attached hydrogen (secondary N) is 2. The van der Waals surface area contributed by atoms with Crippen LogP contribution in [-0.4, -0.2) is 27.7 Å². The number of hydrogen-bond donors (Lipinski definition) is 2. The van der Waals surface area contributed by atoms with Gasteiger partial charge in [-0.05, 0) is 53.9 Å². The molecule has 1 unspecified atom stereocenters. The van der Waals surface area contributed by atoms with E-state index in [0.717, 1.165) is 16.5 Å². The van der Waals surface area contributed by atoms with Crippen molar-refractivity contribution in [3.8, 4) is 0 Å². The predicted octanol–water partition coefficient (Wildman–Crippen LogP) is 6.49. The number of aromatic nitrogens is 2. The van der Waals surface area contributed by atoms with E-state index in [1.807, 2.05) is 24.3 Å². The SMILES string of the molecule is Cl.O=C(Cc1ccccn1)NC(Cc1c[nH]c2ccccc12)C(=O)CCc1cc(C(F)(F)F)cc(C(F)(F)F)c1. The first kappa shape index (κ1) is 30.7. The average Bonchev–Trinajstić information content (AvgIpc) is 3.29. The molecule has 12 heteroatoms. The van der Waals surface area contributed by atoms with Crippen molar-refractivity contribution in [3.05, 3.63) is 101 Å². The van der Waals surface area contributed by atoms with Gasteiger partial charge in [-0.3, -0.25) is 14.6 Å². The Kier molecular flexibility index (Phi) is 9.62. The number of Topliss-reactive ketones (excluding diaryl/α,β-unsaturated/α-hetero) is 1. The van der Waals surface area contributed by atoms with Crippen LogP contribution in [0.3, 0.4) is 0 Å². The van der Waals surface area contributed by atoms with Gasteiger partial charge in [0.15, 0.2) is 5.78 Å². The van der Waals surface area contributed by atoms with E-state index in [4.69, 9.17) is 0 Å². The quantitative estimate of drug-likeness (QED) is 0.221. The number of hydrogen-bond acceptors (Lipinski definition) is 3. The molecule has 212 valence electrons. The second kappa shape index (κ2) is 12.5. The van der Waals surface area contributed by atoms with E-state index in [2.05, 4.69) is 15.3 Å². The first-order valence-electron chi connectivity index (χ1n) is 12.0. The lowest BCUT2D eigenvalue weighted by Gasteiger charge is -2.18. The van der Waals surface area contributed by atoms with Crippen molar-refractivity contribution in [3.63, 3.8) is 0 Å². The third kappa shape index (κ3) is 7.84. The number of benzene rings is 2. The number of carbonyl (C=O) groups is 2. The number of alkyl halides is 6. The molecule has 0 saturated carbocycles. The molecular weight excluding hydrogens is 560 g/mol. The average molecular weight is 584 g/mol. The number of nitrogens with zero attached hydrogens (tertiary/aromatic N) is 1. The molecule has 4 rings (SSSR count). The summed E-state index contributed by atoms with van der Waals surface area (Å²) in [5.41, 5.74) is -1.17. The third-order valence-corrected chi connectivity index (χ3v) is 6.20. The Bertz CT molecular complexity index is 1440. The van der Waals surface area contributed by atoms with Crippen molar-refractivity contribution in [1.82, 2.24) is 15.3 Å². The van der Waals surface area contributed by atoms with Crippen LogP contribution in [0.2, 0.25) is 0 Å². The highest BCUT2D eigenvalue weighted by Gasteiger charge is 2.37. The van der Waals surface area contributed by atoms with E-state index in [1.165, 1.54) is 6.20 Å². The van der Waals surface area contributed by atoms with Crippen molar-refractivity contribution in [1.29, 1.82) is 0 Å². The van der Waals surface area contributed by atoms with Crippen LogP contribution >= 0.6 is 12.4 Å². The van der Waals surface area contributed by atoms with Gasteiger partial charge >= 0.3 is 12.4 Å². The van der Waals surface area contributed by atoms with Crippen LogP contribution in [0, 0.1) is 0 Å². The molecule has 2 heterocycles. The standard InChI is InChI=1S/C28H23F6N3O2.ClH/c29-27(30,31)19-11-17(12-20(14-19)28(32,33)34)8-9-25(38)24(37-26(39)15-21-5-3-4-10-35-21)13-18-16-36-23-7-2-1-6-22(18)23;/h1-7,10-12,14,16,24,36H,8-9,13,15H2,(H,37,39);1H. The molecule has 0 spiro atoms. The van der Waals surface area contributed by atoms with Crippen molar-refractivity contribution in [2.75, 3.05) is 0 Å². The van der Waals surface area contributed by atoms with Gasteiger partial charge in [-0.1, -0.05) is 24.3 Å². The fourth-order valence-corrected chi connectivity index (χ4v) is 4.28. The molecule has 2 aromatic carbocycles. The number of carbonyl (C=O) groups excluding carboxylic acids is 2. The summed E-state index contributed by atoms with van der Waals surface area (Å²) in [6.45, 7) is 0. The second-order valence-corrected chi connectivity index (χ2v) is 9.06. The number of halogens is 7. The number of rotatable bonds is 9. The maximum absolute atomic E-state index is 13.2. The van der Waals surface area contributed by atoms with Crippen LogP contribution in [0.4, 0.5) is 26.3 Å². The van der Waals surface area contributed by atoms with Gasteiger partial charge in [0.2, 0.25) is 5.91 Å². The smallest absolute Gasteiger partial charge is 0.361 e. The van der Waals surface area contributed by atoms with Crippen LogP contribution < -0.4 is 5.32 Å². The van der Waals surface area contributed by atoms with E-state index in [1.54, 1.807) is 24.4 Å². The summed E-state index contributed by atoms with van der Waals surface area (Å²) in [7, 11) is 0. The molecule has 40 heavy (non-hydrogen) atoms. The lowest BCUT2D eigenvalue weighted by atomic mass is 9.95. The molecule has 1 amide bonds. The van der Waals surface area contributed by atoms with Crippen LogP contribution in [-0.2, 0) is 41.2 Å². The topological polar surface area (TPSA) is 74.8 Å². The Morgan fingerprint density at radius 2 is 1.55 bits per heavy atom. The van der Waals surface area contributed by atoms with Crippen molar-refractivity contribution in [2.45, 2.75) is 44.1 Å². The fourth-order valence-electron chi connectivity index (χ4n) is 4.28. The lowest BCUT2D eigenvalue weighted by molar-refractivity contribution is -0.143. The minimum absolute atomic E-state index is 0. The third-order valence-electron chi connectivity index (χ3n) is 6.20. The van der Waals surface area contributed by atoms with Gasteiger partial charge in [-0.15, -0.1) is 12.4 Å². The highest BCUT2D eigenvalue weighted by molar-refractivity contribution is 5.91. The number of para-hydroxylation sites is 1. The van der Waals surface area contributed by atoms with Gasteiger partial charge in [-0.2, -0.15) is 26.3 Å². The summed E-state index contributed by atoms with van der Waals surface area (Å²) in [6, 6.07) is 12.5. The molecule has 2 aromatic heterocycles. The van der Waals surface area contributed by atoms with Crippen LogP contribution in [0.1, 0.15) is 34.4 Å². The van der Waals surface area contributed by atoms with Gasteiger partial charge in [0, 0.05) is 41.8 Å². The van der Waals surface area contributed by atoms with E-state index < -0.39 is 41.2 Å². The summed E-state index contributed by atoms with van der Waals surface area (Å²) in [6.07, 6.45) is -7.55. The molecule has 2 N–H and O–H groups in total. The molecule has 0 aliphatic carbocycles. The maximum atomic E-state index is 13.2. The van der Waals surface area contributed by atoms with Crippen LogP contribution in [0.5, 0.6) is 0 Å². The number of aryl methyl sites for hydroxylation is 1. The molecule has 4 aromatic rings. The monoisotopic (exact) mass is 583 g/mol. The zero-order valence-electron chi connectivity index (χ0n) is 20.8. The van der Waals surface area contributed by atoms with E-state index in [-0.39, 0.29) is 49.7 Å². The van der Waals surface area contributed by atoms with Crippen molar-refractivity contribution >= 4 is 35.0 Å². The molecular formula is C28H24ClF6N3O2. The Morgan fingerprint density at radius 3 is 2.17 bits per heavy atom. The molecule has 0 aliphatic rings. The number of amides is 1. The summed E-state index contributed by atoms with van der Waals surface area (Å²) in [5.74, 6) is -1.02. The fraction of sp³-hybridized carbons (Fsp3) is 0.250. The Morgan fingerprint density at radius 1 is 0.900 bits per heavy atom. The molecule has 0 radical (unpaired) electrons. The zero-order valence-corrected chi connectivity index (χ0v) is 21.6. The normalized spacial score (nSPS) is 12.6. The second-order valence-electron chi connectivity index (χ2n) is 9.06. The van der Waals surface area contributed by atoms with Crippen molar-refractivity contribution in [2.24, 2.45) is 0 Å². The maximum Gasteiger partial charge on any atom is 0.416 e. The molecule has 0 aliphatic heterocycles. The Hall–Kier alpha value is -3.86. The number of ketones is 1. The number of pyridine rings is 1. The summed E-state index contributed by atoms with van der Waals surface area (Å²) < 4.78 is 79.4. The lowest BCUT2D eigenvalue weighted by Crippen LogP contribution is -2.43. The summed E-state index contributed by atoms with van der Waals surface area (Å²) in [5, 5.41) is 3.49. The van der Waals surface area contributed by atoms with Gasteiger partial charge in [0.25, 0.3) is 0 Å². The molecule has 0 saturated heterocycles. The van der Waals surface area contributed by atoms with Crippen molar-refractivity contribution < 1.29 is 35.9 Å². The number of aromatic amines is 1.